The fourth-order valence-corrected chi connectivity index (χ4v) is 0.944. The van der Waals surface area contributed by atoms with Crippen LogP contribution in [0.1, 0.15) is 0 Å². The minimum atomic E-state index is -6.00. The molecule has 16 heavy (non-hydrogen) atoms. The molecular formula is C8H11BF4NO2-. The van der Waals surface area contributed by atoms with Crippen molar-refractivity contribution >= 4 is 13.2 Å². The first-order chi connectivity index (χ1) is 7.24. The summed E-state index contributed by atoms with van der Waals surface area (Å²) in [5.74, 6) is -0.249. The summed E-state index contributed by atoms with van der Waals surface area (Å²) >= 11 is 0. The van der Waals surface area contributed by atoms with Gasteiger partial charge in [0, 0.05) is 13.6 Å². The summed E-state index contributed by atoms with van der Waals surface area (Å²) in [6.45, 7) is 0.628. The van der Waals surface area contributed by atoms with E-state index in [1.165, 1.54) is 7.11 Å². The molecule has 0 aromatic carbocycles. The monoisotopic (exact) mass is 240 g/mol. The maximum atomic E-state index is 11.0. The van der Waals surface area contributed by atoms with Crippen molar-refractivity contribution in [2.24, 2.45) is 0 Å². The largest absolute Gasteiger partial charge is 0.673 e. The van der Waals surface area contributed by atoms with Crippen LogP contribution in [-0.4, -0.2) is 38.8 Å². The number of hydrogen-bond donors (Lipinski definition) is 0. The van der Waals surface area contributed by atoms with E-state index in [2.05, 4.69) is 4.74 Å². The maximum Gasteiger partial charge on any atom is 0.673 e. The molecule has 0 aliphatic carbocycles. The van der Waals surface area contributed by atoms with E-state index in [4.69, 9.17) is 0 Å². The summed E-state index contributed by atoms with van der Waals surface area (Å²) in [5.41, 5.74) is 0.692. The van der Waals surface area contributed by atoms with Crippen LogP contribution in [0.2, 0.25) is 0 Å². The molecular weight excluding hydrogens is 229 g/mol. The molecule has 1 aliphatic heterocycles. The zero-order chi connectivity index (χ0) is 12.8. The van der Waals surface area contributed by atoms with Crippen molar-refractivity contribution in [2.75, 3.05) is 20.7 Å². The van der Waals surface area contributed by atoms with E-state index in [0.717, 1.165) is 0 Å². The molecule has 0 N–H and O–H groups in total. The summed E-state index contributed by atoms with van der Waals surface area (Å²) < 4.78 is 43.6. The third-order valence-electron chi connectivity index (χ3n) is 1.51. The van der Waals surface area contributed by atoms with Crippen LogP contribution in [0.5, 0.6) is 0 Å². The molecule has 0 spiro atoms. The Bertz CT molecular complexity index is 295. The van der Waals surface area contributed by atoms with Crippen molar-refractivity contribution in [3.63, 3.8) is 0 Å². The Hall–Kier alpha value is -1.47. The molecule has 0 saturated heterocycles. The van der Waals surface area contributed by atoms with Gasteiger partial charge < -0.3 is 26.9 Å². The van der Waals surface area contributed by atoms with Crippen LogP contribution in [0, 0.1) is 0 Å². The lowest BCUT2D eigenvalue weighted by Gasteiger charge is -2.17. The minimum Gasteiger partial charge on any atom is -0.466 e. The van der Waals surface area contributed by atoms with Crippen LogP contribution in [-0.2, 0) is 9.53 Å². The van der Waals surface area contributed by atoms with Gasteiger partial charge in [0.05, 0.1) is 12.7 Å². The Balaban J connectivity index is 0.000000385. The van der Waals surface area contributed by atoms with Gasteiger partial charge in [-0.2, -0.15) is 0 Å². The fraction of sp³-hybridized carbons (Fsp3) is 0.375. The Morgan fingerprint density at radius 2 is 1.94 bits per heavy atom. The summed E-state index contributed by atoms with van der Waals surface area (Å²) in [7, 11) is -2.70. The molecule has 0 saturated carbocycles. The molecule has 0 radical (unpaired) electrons. The number of ether oxygens (including phenoxy) is 1. The summed E-state index contributed by atoms with van der Waals surface area (Å²) in [6.07, 6.45) is 5.51. The molecule has 0 atom stereocenters. The van der Waals surface area contributed by atoms with Crippen LogP contribution >= 0.6 is 0 Å². The van der Waals surface area contributed by atoms with Gasteiger partial charge >= 0.3 is 13.2 Å². The number of rotatable bonds is 1. The lowest BCUT2D eigenvalue weighted by atomic mass is 10.2. The molecule has 0 aromatic heterocycles. The van der Waals surface area contributed by atoms with Crippen molar-refractivity contribution in [1.82, 2.24) is 4.90 Å². The Kier molecular flexibility index (Phi) is 5.62. The second-order valence-electron chi connectivity index (χ2n) is 2.93. The van der Waals surface area contributed by atoms with Gasteiger partial charge in [-0.1, -0.05) is 0 Å². The van der Waals surface area contributed by atoms with Gasteiger partial charge in [0.2, 0.25) is 0 Å². The highest BCUT2D eigenvalue weighted by atomic mass is 19.5. The highest BCUT2D eigenvalue weighted by molar-refractivity contribution is 6.50. The number of carbonyl (C=O) groups is 1. The highest BCUT2D eigenvalue weighted by Crippen LogP contribution is 2.07. The van der Waals surface area contributed by atoms with E-state index < -0.39 is 7.25 Å². The second-order valence-corrected chi connectivity index (χ2v) is 2.93. The number of carbonyl (C=O) groups excluding carboxylic acids is 1. The molecule has 1 heterocycles. The molecule has 0 amide bonds. The van der Waals surface area contributed by atoms with Gasteiger partial charge in [-0.3, -0.25) is 0 Å². The van der Waals surface area contributed by atoms with Gasteiger partial charge in [-0.15, -0.1) is 0 Å². The third kappa shape index (κ3) is 7.89. The van der Waals surface area contributed by atoms with Gasteiger partial charge in [0.15, 0.2) is 0 Å². The SMILES string of the molecule is COC(=O)C1=CC=CN(C)C1.F[B-](F)(F)F. The zero-order valence-corrected chi connectivity index (χ0v) is 8.79. The average Bonchev–Trinajstić information content (AvgIpc) is 2.14. The summed E-state index contributed by atoms with van der Waals surface area (Å²) in [6, 6.07) is 0. The molecule has 92 valence electrons. The van der Waals surface area contributed by atoms with Crippen molar-refractivity contribution in [3.8, 4) is 0 Å². The molecule has 1 rings (SSSR count). The lowest BCUT2D eigenvalue weighted by Crippen LogP contribution is -2.22. The van der Waals surface area contributed by atoms with Crippen molar-refractivity contribution in [1.29, 1.82) is 0 Å². The van der Waals surface area contributed by atoms with Crippen LogP contribution in [0.4, 0.5) is 17.3 Å². The molecule has 8 heteroatoms. The normalized spacial score (nSPS) is 14.9. The highest BCUT2D eigenvalue weighted by Gasteiger charge is 2.20. The van der Waals surface area contributed by atoms with Crippen LogP contribution in [0.3, 0.4) is 0 Å². The van der Waals surface area contributed by atoms with Gasteiger partial charge in [0.25, 0.3) is 0 Å². The van der Waals surface area contributed by atoms with Gasteiger partial charge in [-0.05, 0) is 18.4 Å². The zero-order valence-electron chi connectivity index (χ0n) is 8.79. The minimum absolute atomic E-state index is 0.249. The van der Waals surface area contributed by atoms with E-state index in [9.17, 15) is 22.1 Å². The number of methoxy groups -OCH3 is 1. The average molecular weight is 240 g/mol. The van der Waals surface area contributed by atoms with E-state index in [-0.39, 0.29) is 5.97 Å². The number of esters is 1. The Morgan fingerprint density at radius 3 is 2.31 bits per heavy atom. The first-order valence-corrected chi connectivity index (χ1v) is 4.27. The molecule has 3 nitrogen and oxygen atoms in total. The van der Waals surface area contributed by atoms with Crippen molar-refractivity contribution in [2.45, 2.75) is 0 Å². The van der Waals surface area contributed by atoms with Crippen molar-refractivity contribution < 1.29 is 26.8 Å². The third-order valence-corrected chi connectivity index (χ3v) is 1.51. The molecule has 1 aliphatic rings. The first-order valence-electron chi connectivity index (χ1n) is 4.27. The predicted octanol–water partition coefficient (Wildman–Crippen LogP) is 1.84. The summed E-state index contributed by atoms with van der Waals surface area (Å²) in [5, 5.41) is 0. The van der Waals surface area contributed by atoms with Gasteiger partial charge in [-0.25, -0.2) is 4.79 Å². The number of allylic oxidation sites excluding steroid dienone is 2. The lowest BCUT2D eigenvalue weighted by molar-refractivity contribution is -0.136. The van der Waals surface area contributed by atoms with Crippen LogP contribution in [0.15, 0.2) is 23.9 Å². The standard InChI is InChI=1S/C8H11NO2.BF4/c1-9-5-3-4-7(6-9)8(10)11-2;2-1(3,4)5/h3-5H,6H2,1-2H3;/q;-1. The smallest absolute Gasteiger partial charge is 0.466 e. The molecule has 0 bridgehead atoms. The topological polar surface area (TPSA) is 29.5 Å². The fourth-order valence-electron chi connectivity index (χ4n) is 0.944. The Labute approximate surface area is 90.5 Å². The van der Waals surface area contributed by atoms with E-state index >= 15 is 0 Å². The van der Waals surface area contributed by atoms with Gasteiger partial charge in [0.1, 0.15) is 0 Å². The van der Waals surface area contributed by atoms with Crippen LogP contribution in [0.25, 0.3) is 0 Å². The van der Waals surface area contributed by atoms with E-state index in [1.807, 2.05) is 24.2 Å². The van der Waals surface area contributed by atoms with E-state index in [1.54, 1.807) is 6.08 Å². The van der Waals surface area contributed by atoms with E-state index in [0.29, 0.717) is 12.1 Å². The number of nitrogens with zero attached hydrogens (tertiary/aromatic N) is 1. The molecule has 0 aromatic rings. The summed E-state index contributed by atoms with van der Waals surface area (Å²) in [4.78, 5) is 12.9. The number of halogens is 4. The quantitative estimate of drug-likeness (QED) is 0.398. The number of likely N-dealkylation sites (N-methyl/N-ethyl adjacent to an activating group) is 1. The first kappa shape index (κ1) is 14.5. The number of hydrogen-bond acceptors (Lipinski definition) is 3. The van der Waals surface area contributed by atoms with Crippen molar-refractivity contribution in [3.05, 3.63) is 23.9 Å². The molecule has 0 unspecified atom stereocenters. The Morgan fingerprint density at radius 1 is 1.44 bits per heavy atom. The predicted molar refractivity (Wildman–Crippen MR) is 52.1 cm³/mol. The second kappa shape index (κ2) is 6.19. The maximum absolute atomic E-state index is 11.0. The molecule has 0 fully saturated rings. The van der Waals surface area contributed by atoms with Crippen LogP contribution < -0.4 is 0 Å².